The minimum atomic E-state index is -0.367. The van der Waals surface area contributed by atoms with Crippen molar-refractivity contribution in [2.75, 3.05) is 38.0 Å². The molecule has 1 fully saturated rings. The summed E-state index contributed by atoms with van der Waals surface area (Å²) in [7, 11) is 0. The van der Waals surface area contributed by atoms with E-state index >= 15 is 0 Å². The van der Waals surface area contributed by atoms with Crippen LogP contribution in [0.25, 0.3) is 22.3 Å². The summed E-state index contributed by atoms with van der Waals surface area (Å²) < 4.78 is 16.9. The van der Waals surface area contributed by atoms with E-state index < -0.39 is 0 Å². The molecule has 9 nitrogen and oxygen atoms in total. The van der Waals surface area contributed by atoms with Gasteiger partial charge in [-0.05, 0) is 39.4 Å². The molecule has 3 aromatic heterocycles. The van der Waals surface area contributed by atoms with E-state index in [-0.39, 0.29) is 11.9 Å². The van der Waals surface area contributed by atoms with Crippen LogP contribution >= 0.6 is 0 Å². The van der Waals surface area contributed by atoms with Crippen molar-refractivity contribution in [2.45, 2.75) is 40.3 Å². The molecule has 1 aromatic carbocycles. The first-order valence-corrected chi connectivity index (χ1v) is 12.4. The molecule has 0 saturated carbocycles. The Bertz CT molecular complexity index is 1340. The van der Waals surface area contributed by atoms with Crippen LogP contribution in [0.4, 0.5) is 16.2 Å². The van der Waals surface area contributed by atoms with Crippen LogP contribution in [0.1, 0.15) is 38.2 Å². The molecule has 10 heteroatoms. The molecule has 4 aromatic rings. The number of nitrogens with one attached hydrogen (secondary N) is 1. The largest absolute Gasteiger partial charge is 0.326 e. The number of rotatable bonds is 7. The summed E-state index contributed by atoms with van der Waals surface area (Å²) in [4.78, 5) is 26.9. The number of aromatic nitrogens is 6. The zero-order chi connectivity index (χ0) is 25.2. The fraction of sp³-hybridized carbons (Fsp3) is 0.423. The maximum Gasteiger partial charge on any atom is 0.228 e. The molecule has 0 radical (unpaired) electrons. The first-order chi connectivity index (χ1) is 17.4. The van der Waals surface area contributed by atoms with Crippen LogP contribution in [0.2, 0.25) is 0 Å². The van der Waals surface area contributed by atoms with Crippen molar-refractivity contribution in [1.82, 2.24) is 39.3 Å². The Morgan fingerprint density at radius 1 is 0.972 bits per heavy atom. The number of hydrogen-bond donors (Lipinski definition) is 1. The van der Waals surface area contributed by atoms with Gasteiger partial charge in [-0.3, -0.25) is 4.90 Å². The van der Waals surface area contributed by atoms with Gasteiger partial charge in [0.25, 0.3) is 0 Å². The molecule has 188 valence electrons. The second kappa shape index (κ2) is 10.2. The fourth-order valence-electron chi connectivity index (χ4n) is 4.79. The molecule has 1 saturated heterocycles. The third-order valence-corrected chi connectivity index (χ3v) is 6.67. The molecule has 0 atom stereocenters. The van der Waals surface area contributed by atoms with Crippen molar-refractivity contribution in [1.29, 1.82) is 0 Å². The van der Waals surface area contributed by atoms with E-state index in [4.69, 9.17) is 0 Å². The summed E-state index contributed by atoms with van der Waals surface area (Å²) in [6, 6.07) is 5.33. The normalized spacial score (nSPS) is 15.2. The Morgan fingerprint density at radius 2 is 1.69 bits per heavy atom. The molecule has 0 bridgehead atoms. The molecule has 0 aliphatic carbocycles. The number of piperazine rings is 1. The molecular formula is C26H32FN9. The number of aryl methyl sites for hydroxylation is 1. The van der Waals surface area contributed by atoms with Crippen molar-refractivity contribution in [3.05, 3.63) is 54.1 Å². The van der Waals surface area contributed by atoms with Gasteiger partial charge in [0.2, 0.25) is 5.95 Å². The van der Waals surface area contributed by atoms with Gasteiger partial charge in [-0.2, -0.15) is 0 Å². The summed E-state index contributed by atoms with van der Waals surface area (Å²) in [6.07, 6.45) is 5.15. The topological polar surface area (TPSA) is 87.9 Å². The molecule has 1 aliphatic rings. The van der Waals surface area contributed by atoms with E-state index in [2.05, 4.69) is 60.8 Å². The minimum absolute atomic E-state index is 0.161. The van der Waals surface area contributed by atoms with Crippen LogP contribution in [-0.4, -0.2) is 72.0 Å². The predicted molar refractivity (Wildman–Crippen MR) is 139 cm³/mol. The van der Waals surface area contributed by atoms with Gasteiger partial charge in [0.1, 0.15) is 23.5 Å². The SMILES string of the molecule is CCN1CCN(Cc2cnc(Nc3cc(-c4cc(F)c5nc(C)n(C(C)C)c5c4)ncn3)nc2)CC1. The summed E-state index contributed by atoms with van der Waals surface area (Å²) in [5.74, 6) is 1.41. The number of nitrogens with zero attached hydrogens (tertiary/aromatic N) is 8. The molecular weight excluding hydrogens is 457 g/mol. The Balaban J connectivity index is 1.31. The molecule has 36 heavy (non-hydrogen) atoms. The average molecular weight is 490 g/mol. The van der Waals surface area contributed by atoms with Gasteiger partial charge >= 0.3 is 0 Å². The second-order valence-electron chi connectivity index (χ2n) is 9.49. The zero-order valence-electron chi connectivity index (χ0n) is 21.2. The maximum atomic E-state index is 14.9. The number of likely N-dealkylation sites (N-methyl/N-ethyl adjacent to an activating group) is 1. The Morgan fingerprint density at radius 3 is 2.39 bits per heavy atom. The quantitative estimate of drug-likeness (QED) is 0.413. The van der Waals surface area contributed by atoms with Gasteiger partial charge in [-0.15, -0.1) is 0 Å². The van der Waals surface area contributed by atoms with Crippen molar-refractivity contribution >= 4 is 22.8 Å². The first-order valence-electron chi connectivity index (χ1n) is 12.4. The van der Waals surface area contributed by atoms with Crippen LogP contribution in [0.3, 0.4) is 0 Å². The van der Waals surface area contributed by atoms with Crippen molar-refractivity contribution < 1.29 is 4.39 Å². The lowest BCUT2D eigenvalue weighted by molar-refractivity contribution is 0.132. The third-order valence-electron chi connectivity index (χ3n) is 6.67. The lowest BCUT2D eigenvalue weighted by Gasteiger charge is -2.33. The van der Waals surface area contributed by atoms with E-state index in [1.807, 2.05) is 30.0 Å². The number of halogens is 1. The lowest BCUT2D eigenvalue weighted by Crippen LogP contribution is -2.45. The minimum Gasteiger partial charge on any atom is -0.326 e. The zero-order valence-corrected chi connectivity index (χ0v) is 21.2. The summed E-state index contributed by atoms with van der Waals surface area (Å²) in [5.41, 5.74) is 3.46. The van der Waals surface area contributed by atoms with Crippen LogP contribution in [0.5, 0.6) is 0 Å². The first kappa shape index (κ1) is 24.2. The highest BCUT2D eigenvalue weighted by Gasteiger charge is 2.17. The number of imidazole rings is 1. The van der Waals surface area contributed by atoms with Crippen molar-refractivity contribution in [2.24, 2.45) is 0 Å². The standard InChI is InChI=1S/C26H32FN9/c1-5-34-6-8-35(9-7-34)15-19-13-28-26(29-14-19)33-24-12-22(30-16-31-24)20-10-21(27)25-23(11-20)36(17(2)3)18(4)32-25/h10-14,16-17H,5-9,15H2,1-4H3,(H,28,29,30,31,33). The van der Waals surface area contributed by atoms with E-state index in [1.54, 1.807) is 6.07 Å². The molecule has 1 N–H and O–H groups in total. The van der Waals surface area contributed by atoms with Crippen LogP contribution in [0.15, 0.2) is 36.9 Å². The Labute approximate surface area is 210 Å². The van der Waals surface area contributed by atoms with E-state index in [0.717, 1.165) is 56.2 Å². The van der Waals surface area contributed by atoms with Gasteiger partial charge in [0.15, 0.2) is 5.82 Å². The predicted octanol–water partition coefficient (Wildman–Crippen LogP) is 4.19. The van der Waals surface area contributed by atoms with Gasteiger partial charge in [-0.25, -0.2) is 29.3 Å². The highest BCUT2D eigenvalue weighted by Crippen LogP contribution is 2.29. The fourth-order valence-corrected chi connectivity index (χ4v) is 4.79. The van der Waals surface area contributed by atoms with Gasteiger partial charge in [0.05, 0.1) is 11.2 Å². The van der Waals surface area contributed by atoms with E-state index in [1.165, 1.54) is 12.4 Å². The summed E-state index contributed by atoms with van der Waals surface area (Å²) in [5, 5.41) is 3.14. The number of benzene rings is 1. The van der Waals surface area contributed by atoms with E-state index in [9.17, 15) is 4.39 Å². The molecule has 0 unspecified atom stereocenters. The number of hydrogen-bond acceptors (Lipinski definition) is 8. The molecule has 5 rings (SSSR count). The van der Waals surface area contributed by atoms with Gasteiger partial charge < -0.3 is 14.8 Å². The molecule has 4 heterocycles. The van der Waals surface area contributed by atoms with Crippen molar-refractivity contribution in [3.8, 4) is 11.3 Å². The van der Waals surface area contributed by atoms with Crippen molar-refractivity contribution in [3.63, 3.8) is 0 Å². The monoisotopic (exact) mass is 489 g/mol. The van der Waals surface area contributed by atoms with E-state index in [0.29, 0.717) is 28.5 Å². The second-order valence-corrected chi connectivity index (χ2v) is 9.49. The summed E-state index contributed by atoms with van der Waals surface area (Å²) >= 11 is 0. The highest BCUT2D eigenvalue weighted by atomic mass is 19.1. The smallest absolute Gasteiger partial charge is 0.228 e. The van der Waals surface area contributed by atoms with Crippen LogP contribution < -0.4 is 5.32 Å². The number of anilines is 2. The van der Waals surface area contributed by atoms with Crippen LogP contribution in [-0.2, 0) is 6.54 Å². The Kier molecular flexibility index (Phi) is 6.88. The summed E-state index contributed by atoms with van der Waals surface area (Å²) in [6.45, 7) is 14.5. The molecule has 0 amide bonds. The number of fused-ring (bicyclic) bond motifs is 1. The van der Waals surface area contributed by atoms with Gasteiger partial charge in [0, 0.05) is 68.4 Å². The molecule has 0 spiro atoms. The lowest BCUT2D eigenvalue weighted by atomic mass is 10.1. The highest BCUT2D eigenvalue weighted by molar-refractivity contribution is 5.83. The Hall–Kier alpha value is -3.50. The van der Waals surface area contributed by atoms with Crippen LogP contribution in [0, 0.1) is 12.7 Å². The third kappa shape index (κ3) is 5.05. The van der Waals surface area contributed by atoms with Gasteiger partial charge in [-0.1, -0.05) is 6.92 Å². The average Bonchev–Trinajstić information content (AvgIpc) is 3.22. The maximum absolute atomic E-state index is 14.9. The molecule has 1 aliphatic heterocycles.